The standard InChI is InChI=1S/C31H44N4O4/c1-3-19(2)29(36)33-28(20-9-5-4-6-10-20)31(38)35-17-22-15-21-16-25(21)34(22)18-26(35)30(37)32-24-13-14-39-27-12-8-7-11-23(24)27/h7-8,11-12,19-22,24-26,28H,3-6,9-10,13-18H2,1-2H3,(H,32,37)(H,33,36)/t19-,21-,22-,24-,25+,26+,28+/m1/s1. The van der Waals surface area contributed by atoms with Crippen molar-refractivity contribution in [3.63, 3.8) is 0 Å². The Labute approximate surface area is 232 Å². The number of piperidine rings is 1. The zero-order valence-corrected chi connectivity index (χ0v) is 23.4. The average molecular weight is 537 g/mol. The first-order valence-corrected chi connectivity index (χ1v) is 15.3. The Morgan fingerprint density at radius 1 is 1.05 bits per heavy atom. The first-order valence-electron chi connectivity index (χ1n) is 15.3. The van der Waals surface area contributed by atoms with Crippen LogP contribution in [0.5, 0.6) is 5.75 Å². The van der Waals surface area contributed by atoms with Crippen LogP contribution in [0.25, 0.3) is 0 Å². The first kappa shape index (κ1) is 26.6. The third kappa shape index (κ3) is 5.29. The molecule has 0 unspecified atom stereocenters. The van der Waals surface area contributed by atoms with Gasteiger partial charge in [0.15, 0.2) is 0 Å². The molecule has 7 atom stereocenters. The number of nitrogens with one attached hydrogen (secondary N) is 2. The minimum atomic E-state index is -0.562. The molecule has 6 rings (SSSR count). The van der Waals surface area contributed by atoms with Crippen LogP contribution in [0.4, 0.5) is 0 Å². The maximum Gasteiger partial charge on any atom is 0.246 e. The smallest absolute Gasteiger partial charge is 0.246 e. The highest BCUT2D eigenvalue weighted by molar-refractivity contribution is 5.93. The van der Waals surface area contributed by atoms with Crippen LogP contribution in [-0.2, 0) is 14.4 Å². The van der Waals surface area contributed by atoms with Crippen molar-refractivity contribution in [1.29, 1.82) is 0 Å². The molecule has 8 nitrogen and oxygen atoms in total. The largest absolute Gasteiger partial charge is 0.493 e. The van der Waals surface area contributed by atoms with Crippen LogP contribution >= 0.6 is 0 Å². The molecule has 5 aliphatic rings. The number of fused-ring (bicyclic) bond motifs is 4. The Morgan fingerprint density at radius 3 is 2.64 bits per heavy atom. The van der Waals surface area contributed by atoms with E-state index in [-0.39, 0.29) is 35.6 Å². The number of piperazine rings is 1. The van der Waals surface area contributed by atoms with Gasteiger partial charge in [0.2, 0.25) is 17.7 Å². The van der Waals surface area contributed by atoms with Crippen molar-refractivity contribution in [1.82, 2.24) is 20.4 Å². The van der Waals surface area contributed by atoms with Crippen LogP contribution in [0.1, 0.15) is 83.2 Å². The molecular weight excluding hydrogens is 492 g/mol. The molecule has 3 amide bonds. The van der Waals surface area contributed by atoms with Gasteiger partial charge >= 0.3 is 0 Å². The molecule has 2 aliphatic carbocycles. The Bertz CT molecular complexity index is 1090. The maximum absolute atomic E-state index is 14.4. The van der Waals surface area contributed by atoms with Gasteiger partial charge in [-0.15, -0.1) is 0 Å². The minimum absolute atomic E-state index is 0.0537. The van der Waals surface area contributed by atoms with Crippen LogP contribution in [0.3, 0.4) is 0 Å². The van der Waals surface area contributed by atoms with Crippen LogP contribution < -0.4 is 15.4 Å². The summed E-state index contributed by atoms with van der Waals surface area (Å²) in [6.45, 7) is 5.62. The molecule has 1 aromatic rings. The number of ether oxygens (including phenoxy) is 1. The monoisotopic (exact) mass is 536 g/mol. The number of para-hydroxylation sites is 1. The fraction of sp³-hybridized carbons (Fsp3) is 0.710. The summed E-state index contributed by atoms with van der Waals surface area (Å²) in [6.07, 6.45) is 8.99. The molecule has 212 valence electrons. The van der Waals surface area contributed by atoms with Gasteiger partial charge in [-0.25, -0.2) is 0 Å². The number of carbonyl (C=O) groups excluding carboxylic acids is 3. The summed E-state index contributed by atoms with van der Waals surface area (Å²) in [6, 6.07) is 7.49. The fourth-order valence-corrected chi connectivity index (χ4v) is 7.50. The number of benzene rings is 1. The van der Waals surface area contributed by atoms with E-state index in [1.165, 1.54) is 12.8 Å². The molecule has 39 heavy (non-hydrogen) atoms. The number of carbonyl (C=O) groups is 3. The third-order valence-corrected chi connectivity index (χ3v) is 10.1. The summed E-state index contributed by atoms with van der Waals surface area (Å²) < 4.78 is 5.82. The Morgan fingerprint density at radius 2 is 1.85 bits per heavy atom. The summed E-state index contributed by atoms with van der Waals surface area (Å²) >= 11 is 0. The van der Waals surface area contributed by atoms with Gasteiger partial charge < -0.3 is 20.3 Å². The summed E-state index contributed by atoms with van der Waals surface area (Å²) in [5.41, 5.74) is 0.994. The summed E-state index contributed by atoms with van der Waals surface area (Å²) in [5, 5.41) is 6.47. The Kier molecular flexibility index (Phi) is 7.58. The van der Waals surface area contributed by atoms with Crippen molar-refractivity contribution in [2.24, 2.45) is 17.8 Å². The van der Waals surface area contributed by atoms with Crippen LogP contribution in [0.2, 0.25) is 0 Å². The SMILES string of the molecule is CC[C@@H](C)C(=O)N[C@H](C(=O)N1C[C@H]2C[C@@H]3C[C@@H]3N2C[C@H]1C(=O)N[C@@H]1CCOc2ccccc21)C1CCCCC1. The average Bonchev–Trinajstić information content (AvgIpc) is 3.65. The van der Waals surface area contributed by atoms with Gasteiger partial charge in [-0.1, -0.05) is 51.3 Å². The molecular formula is C31H44N4O4. The van der Waals surface area contributed by atoms with Gasteiger partial charge in [-0.05, 0) is 50.0 Å². The Balaban J connectivity index is 1.25. The van der Waals surface area contributed by atoms with Crippen molar-refractivity contribution >= 4 is 17.7 Å². The predicted octanol–water partition coefficient (Wildman–Crippen LogP) is 3.41. The van der Waals surface area contributed by atoms with Crippen molar-refractivity contribution in [2.45, 2.75) is 102 Å². The van der Waals surface area contributed by atoms with E-state index in [2.05, 4.69) is 15.5 Å². The lowest BCUT2D eigenvalue weighted by molar-refractivity contribution is -0.150. The molecule has 3 aliphatic heterocycles. The lowest BCUT2D eigenvalue weighted by atomic mass is 9.82. The number of nitrogens with zero attached hydrogens (tertiary/aromatic N) is 2. The third-order valence-electron chi connectivity index (χ3n) is 10.1. The molecule has 2 N–H and O–H groups in total. The summed E-state index contributed by atoms with van der Waals surface area (Å²) in [7, 11) is 0. The van der Waals surface area contributed by atoms with Crippen molar-refractivity contribution in [3.05, 3.63) is 29.8 Å². The lowest BCUT2D eigenvalue weighted by Crippen LogP contribution is -2.67. The second kappa shape index (κ2) is 11.1. The highest BCUT2D eigenvalue weighted by Crippen LogP contribution is 2.49. The second-order valence-electron chi connectivity index (χ2n) is 12.6. The van der Waals surface area contributed by atoms with Gasteiger partial charge in [0.1, 0.15) is 17.8 Å². The van der Waals surface area contributed by atoms with Gasteiger partial charge in [0.25, 0.3) is 0 Å². The highest BCUT2D eigenvalue weighted by atomic mass is 16.5. The Hall–Kier alpha value is -2.61. The molecule has 1 aromatic carbocycles. The molecule has 4 fully saturated rings. The quantitative estimate of drug-likeness (QED) is 0.558. The van der Waals surface area contributed by atoms with Crippen molar-refractivity contribution in [3.8, 4) is 5.75 Å². The van der Waals surface area contributed by atoms with Gasteiger partial charge in [-0.2, -0.15) is 0 Å². The lowest BCUT2D eigenvalue weighted by Gasteiger charge is -2.46. The molecule has 8 heteroatoms. The van der Waals surface area contributed by atoms with Crippen LogP contribution in [-0.4, -0.2) is 71.4 Å². The van der Waals surface area contributed by atoms with E-state index in [0.29, 0.717) is 44.1 Å². The topological polar surface area (TPSA) is 91.0 Å². The van der Waals surface area contributed by atoms with Crippen molar-refractivity contribution in [2.75, 3.05) is 19.7 Å². The van der Waals surface area contributed by atoms with Crippen LogP contribution in [0, 0.1) is 17.8 Å². The van der Waals surface area contributed by atoms with E-state index < -0.39 is 12.1 Å². The molecule has 0 aromatic heterocycles. The first-order chi connectivity index (χ1) is 18.9. The van der Waals surface area contributed by atoms with E-state index in [1.807, 2.05) is 43.0 Å². The second-order valence-corrected chi connectivity index (χ2v) is 12.6. The number of hydrogen-bond acceptors (Lipinski definition) is 5. The predicted molar refractivity (Wildman–Crippen MR) is 148 cm³/mol. The summed E-state index contributed by atoms with van der Waals surface area (Å²) in [4.78, 5) is 45.8. The van der Waals surface area contributed by atoms with E-state index in [1.54, 1.807) is 0 Å². The molecule has 0 bridgehead atoms. The molecule has 2 saturated heterocycles. The summed E-state index contributed by atoms with van der Waals surface area (Å²) in [5.74, 6) is 1.29. The van der Waals surface area contributed by atoms with Gasteiger partial charge in [0.05, 0.1) is 12.6 Å². The minimum Gasteiger partial charge on any atom is -0.493 e. The van der Waals surface area contributed by atoms with E-state index >= 15 is 0 Å². The molecule has 0 spiro atoms. The highest BCUT2D eigenvalue weighted by Gasteiger charge is 2.56. The zero-order chi connectivity index (χ0) is 27.1. The van der Waals surface area contributed by atoms with Gasteiger partial charge in [0, 0.05) is 43.1 Å². The van der Waals surface area contributed by atoms with E-state index in [0.717, 1.165) is 49.8 Å². The van der Waals surface area contributed by atoms with Crippen LogP contribution in [0.15, 0.2) is 24.3 Å². The van der Waals surface area contributed by atoms with E-state index in [4.69, 9.17) is 4.74 Å². The van der Waals surface area contributed by atoms with Gasteiger partial charge in [-0.3, -0.25) is 19.3 Å². The number of amides is 3. The number of rotatable bonds is 7. The zero-order valence-electron chi connectivity index (χ0n) is 23.4. The molecule has 2 saturated carbocycles. The van der Waals surface area contributed by atoms with Crippen molar-refractivity contribution < 1.29 is 19.1 Å². The normalized spacial score (nSPS) is 31.6. The maximum atomic E-state index is 14.4. The van der Waals surface area contributed by atoms with E-state index in [9.17, 15) is 14.4 Å². The molecule has 3 heterocycles. The number of hydrogen-bond donors (Lipinski definition) is 2. The molecule has 0 radical (unpaired) electrons. The fourth-order valence-electron chi connectivity index (χ4n) is 7.50.